The summed E-state index contributed by atoms with van der Waals surface area (Å²) in [4.78, 5) is 56.0. The molecular weight excluding hydrogens is 622 g/mol. The number of pyridine rings is 1. The Balaban J connectivity index is 1.48. The number of Topliss-reactive ketones (excluding diaryl/α,β-unsaturated/α-hetero) is 1. The first-order valence-electron chi connectivity index (χ1n) is 15.5. The lowest BCUT2D eigenvalue weighted by Crippen LogP contribution is -2.44. The average molecular weight is 663 g/mol. The maximum absolute atomic E-state index is 14.1. The number of fused-ring (bicyclic) bond motifs is 1. The zero-order chi connectivity index (χ0) is 35.0. The summed E-state index contributed by atoms with van der Waals surface area (Å²) in [7, 11) is 3.25. The van der Waals surface area contributed by atoms with Crippen molar-refractivity contribution in [1.82, 2.24) is 19.8 Å². The number of rotatable bonds is 13. The molecule has 0 spiro atoms. The van der Waals surface area contributed by atoms with Gasteiger partial charge >= 0.3 is 6.09 Å². The van der Waals surface area contributed by atoms with Crippen LogP contribution in [0, 0.1) is 11.6 Å². The highest BCUT2D eigenvalue weighted by molar-refractivity contribution is 5.89. The number of hydrogen-bond acceptors (Lipinski definition) is 6. The topological polar surface area (TPSA) is 123 Å². The molecule has 1 atom stereocenters. The lowest BCUT2D eigenvalue weighted by molar-refractivity contribution is -0.123. The fourth-order valence-corrected chi connectivity index (χ4v) is 4.89. The highest BCUT2D eigenvalue weighted by Gasteiger charge is 2.25. The van der Waals surface area contributed by atoms with Crippen LogP contribution in [-0.2, 0) is 33.9 Å². The third-order valence-corrected chi connectivity index (χ3v) is 7.28. The van der Waals surface area contributed by atoms with Crippen molar-refractivity contribution in [2.75, 3.05) is 14.1 Å². The maximum atomic E-state index is 14.1. The van der Waals surface area contributed by atoms with Crippen molar-refractivity contribution >= 4 is 28.7 Å². The molecule has 2 N–H and O–H groups in total. The minimum absolute atomic E-state index is 0.108. The van der Waals surface area contributed by atoms with Gasteiger partial charge in [0.1, 0.15) is 29.6 Å². The summed E-state index contributed by atoms with van der Waals surface area (Å²) in [6.07, 6.45) is 4.18. The van der Waals surface area contributed by atoms with Gasteiger partial charge in [0.2, 0.25) is 5.91 Å². The second kappa shape index (κ2) is 15.6. The van der Waals surface area contributed by atoms with Crippen molar-refractivity contribution in [1.29, 1.82) is 0 Å². The van der Waals surface area contributed by atoms with Gasteiger partial charge in [-0.25, -0.2) is 13.6 Å². The Morgan fingerprint density at radius 1 is 1.04 bits per heavy atom. The van der Waals surface area contributed by atoms with Crippen LogP contribution in [0.25, 0.3) is 10.9 Å². The number of nitrogens with zero attached hydrogens (tertiary/aromatic N) is 2. The molecule has 48 heavy (non-hydrogen) atoms. The lowest BCUT2D eigenvalue weighted by atomic mass is 10.0. The number of para-hydroxylation sites is 1. The van der Waals surface area contributed by atoms with Crippen molar-refractivity contribution in [3.63, 3.8) is 0 Å². The van der Waals surface area contributed by atoms with Crippen LogP contribution in [0.3, 0.4) is 0 Å². The molecule has 2 heterocycles. The van der Waals surface area contributed by atoms with Crippen LogP contribution in [0.1, 0.15) is 50.4 Å². The first kappa shape index (κ1) is 35.6. The fourth-order valence-electron chi connectivity index (χ4n) is 4.89. The third kappa shape index (κ3) is 9.87. The van der Waals surface area contributed by atoms with Gasteiger partial charge < -0.3 is 29.2 Å². The van der Waals surface area contributed by atoms with Crippen LogP contribution in [0.2, 0.25) is 0 Å². The number of likely N-dealkylation sites (N-methyl/N-ethyl adjacent to an activating group) is 1. The molecule has 2 amide bonds. The number of benzene rings is 2. The van der Waals surface area contributed by atoms with E-state index in [1.165, 1.54) is 27.7 Å². The van der Waals surface area contributed by atoms with E-state index in [9.17, 15) is 28.0 Å². The minimum atomic E-state index is -0.956. The van der Waals surface area contributed by atoms with E-state index in [2.05, 4.69) is 10.3 Å². The Hall–Kier alpha value is -5.26. The van der Waals surface area contributed by atoms with Gasteiger partial charge in [0.05, 0.1) is 18.1 Å². The van der Waals surface area contributed by atoms with Crippen LogP contribution in [0.5, 0.6) is 5.75 Å². The third-order valence-electron chi connectivity index (χ3n) is 7.28. The summed E-state index contributed by atoms with van der Waals surface area (Å²) < 4.78 is 40.1. The number of nitrogens with one attached hydrogen (secondary N) is 2. The van der Waals surface area contributed by atoms with Crippen LogP contribution in [0.4, 0.5) is 13.6 Å². The molecule has 0 saturated carbocycles. The molecule has 0 unspecified atom stereocenters. The number of hydrogen-bond donors (Lipinski definition) is 2. The average Bonchev–Trinajstić information content (AvgIpc) is 3.42. The largest absolute Gasteiger partial charge is 0.487 e. The molecule has 0 aliphatic carbocycles. The van der Waals surface area contributed by atoms with E-state index in [0.717, 1.165) is 11.5 Å². The molecule has 4 rings (SSSR count). The Morgan fingerprint density at radius 3 is 2.52 bits per heavy atom. The van der Waals surface area contributed by atoms with E-state index in [1.807, 2.05) is 12.1 Å². The second-order valence-corrected chi connectivity index (χ2v) is 12.6. The van der Waals surface area contributed by atoms with E-state index >= 15 is 0 Å². The predicted molar refractivity (Wildman–Crippen MR) is 178 cm³/mol. The van der Waals surface area contributed by atoms with Crippen molar-refractivity contribution in [2.24, 2.45) is 0 Å². The summed E-state index contributed by atoms with van der Waals surface area (Å²) >= 11 is 0. The molecule has 0 saturated heterocycles. The Morgan fingerprint density at radius 2 is 1.81 bits per heavy atom. The zero-order valence-electron chi connectivity index (χ0n) is 27.6. The van der Waals surface area contributed by atoms with Crippen molar-refractivity contribution in [2.45, 2.75) is 64.8 Å². The number of aromatic amines is 1. The van der Waals surface area contributed by atoms with E-state index in [4.69, 9.17) is 9.47 Å². The van der Waals surface area contributed by atoms with Gasteiger partial charge in [0.25, 0.3) is 5.56 Å². The molecule has 254 valence electrons. The van der Waals surface area contributed by atoms with E-state index in [-0.39, 0.29) is 54.4 Å². The normalized spacial score (nSPS) is 12.2. The lowest BCUT2D eigenvalue weighted by Gasteiger charge is -2.23. The van der Waals surface area contributed by atoms with Gasteiger partial charge in [-0.3, -0.25) is 14.4 Å². The molecule has 4 aromatic rings. The van der Waals surface area contributed by atoms with Gasteiger partial charge in [-0.05, 0) is 70.0 Å². The maximum Gasteiger partial charge on any atom is 0.408 e. The van der Waals surface area contributed by atoms with Gasteiger partial charge in [0, 0.05) is 55.0 Å². The molecule has 0 aliphatic heterocycles. The van der Waals surface area contributed by atoms with Crippen LogP contribution >= 0.6 is 0 Å². The fraction of sp³-hybridized carbons (Fsp3) is 0.333. The Labute approximate surface area is 277 Å². The standard InChI is InChI=1S/C36H40F2N4O6/c1-36(2,3)48-35(46)40-29(12-6-7-14-32(44)41(4)5)30(43)19-24-11-9-17-42(34(24)45)21-27-18-23-10-8-13-31(33(23)39-27)47-22-25-15-16-26(37)20-28(25)38/h7-11,13-18,20,29,39H,6,12,19,21-22H2,1-5H3,(H,40,46)/b14-7+/t29-/m0/s1. The Kier molecular flexibility index (Phi) is 11.5. The summed E-state index contributed by atoms with van der Waals surface area (Å²) in [6, 6.07) is 12.8. The number of carbonyl (C=O) groups excluding carboxylic acids is 3. The first-order chi connectivity index (χ1) is 22.7. The number of halogens is 2. The quantitative estimate of drug-likeness (QED) is 0.178. The molecular formula is C36H40F2N4O6. The van der Waals surface area contributed by atoms with Gasteiger partial charge in [-0.15, -0.1) is 0 Å². The molecule has 0 aliphatic rings. The first-order valence-corrected chi connectivity index (χ1v) is 15.5. The number of carbonyl (C=O) groups is 3. The van der Waals surface area contributed by atoms with E-state index in [0.29, 0.717) is 23.4 Å². The van der Waals surface area contributed by atoms with Gasteiger partial charge in [-0.2, -0.15) is 0 Å². The molecule has 2 aromatic carbocycles. The van der Waals surface area contributed by atoms with Crippen LogP contribution < -0.4 is 15.6 Å². The summed E-state index contributed by atoms with van der Waals surface area (Å²) in [6.45, 7) is 5.18. The number of aromatic nitrogens is 2. The number of amides is 2. The minimum Gasteiger partial charge on any atom is -0.487 e. The molecule has 12 heteroatoms. The Bertz CT molecular complexity index is 1870. The van der Waals surface area contributed by atoms with E-state index < -0.39 is 29.4 Å². The van der Waals surface area contributed by atoms with Crippen molar-refractivity contribution in [3.8, 4) is 5.75 Å². The number of H-pyrrole nitrogens is 1. The van der Waals surface area contributed by atoms with Crippen molar-refractivity contribution in [3.05, 3.63) is 112 Å². The molecule has 0 fully saturated rings. The summed E-state index contributed by atoms with van der Waals surface area (Å²) in [5, 5.41) is 3.43. The predicted octanol–water partition coefficient (Wildman–Crippen LogP) is 5.66. The van der Waals surface area contributed by atoms with Crippen molar-refractivity contribution < 1.29 is 32.6 Å². The molecule has 0 radical (unpaired) electrons. The monoisotopic (exact) mass is 662 g/mol. The SMILES string of the molecule is CN(C)C(=O)/C=C/CC[C@H](NC(=O)OC(C)(C)C)C(=O)Cc1cccn(Cc2cc3cccc(OCc4ccc(F)cc4F)c3[nH]2)c1=O. The number of allylic oxidation sites excluding steroid dienone is 1. The summed E-state index contributed by atoms with van der Waals surface area (Å²) in [5.41, 5.74) is 0.629. The summed E-state index contributed by atoms with van der Waals surface area (Å²) in [5.74, 6) is -1.50. The highest BCUT2D eigenvalue weighted by atomic mass is 19.1. The number of ether oxygens (including phenoxy) is 2. The van der Waals surface area contributed by atoms with E-state index in [1.54, 1.807) is 71.4 Å². The smallest absolute Gasteiger partial charge is 0.408 e. The molecule has 0 bridgehead atoms. The second-order valence-electron chi connectivity index (χ2n) is 12.6. The van der Waals surface area contributed by atoms with Crippen LogP contribution in [0.15, 0.2) is 77.7 Å². The van der Waals surface area contributed by atoms with Gasteiger partial charge in [-0.1, -0.05) is 24.3 Å². The van der Waals surface area contributed by atoms with Crippen LogP contribution in [-0.4, -0.2) is 58.0 Å². The molecule has 10 nitrogen and oxygen atoms in total. The molecule has 2 aromatic heterocycles. The number of ketones is 1. The van der Waals surface area contributed by atoms with Gasteiger partial charge in [0.15, 0.2) is 5.78 Å². The number of alkyl carbamates (subject to hydrolysis) is 1. The highest BCUT2D eigenvalue weighted by Crippen LogP contribution is 2.27. The zero-order valence-corrected chi connectivity index (χ0v) is 27.6.